The van der Waals surface area contributed by atoms with E-state index in [0.29, 0.717) is 13.0 Å². The first kappa shape index (κ1) is 19.0. The molecular weight excluding hydrogens is 281 g/mol. The molecule has 22 heavy (non-hydrogen) atoms. The normalized spacial score (nSPS) is 20.9. The molecule has 1 aliphatic rings. The van der Waals surface area contributed by atoms with Gasteiger partial charge in [-0.05, 0) is 67.3 Å². The Morgan fingerprint density at radius 3 is 2.09 bits per heavy atom. The van der Waals surface area contributed by atoms with Gasteiger partial charge in [-0.25, -0.2) is 4.79 Å². The van der Waals surface area contributed by atoms with Crippen LogP contribution < -0.4 is 5.32 Å². The Morgan fingerprint density at radius 2 is 1.68 bits per heavy atom. The number of nitrogens with one attached hydrogen (secondary N) is 1. The lowest BCUT2D eigenvalue weighted by Gasteiger charge is -2.32. The SMILES string of the molecule is C/C=C(\CCNC(=O)OC(C)(C)C)B1OC(C)(C)C(C)(C)O1. The van der Waals surface area contributed by atoms with E-state index in [-0.39, 0.29) is 18.3 Å². The lowest BCUT2D eigenvalue weighted by molar-refractivity contribution is 0.00578. The van der Waals surface area contributed by atoms with Crippen LogP contribution in [-0.2, 0) is 14.0 Å². The molecule has 0 bridgehead atoms. The number of allylic oxidation sites excluding steroid dienone is 1. The van der Waals surface area contributed by atoms with E-state index in [1.165, 1.54) is 0 Å². The first-order valence-electron chi connectivity index (χ1n) is 7.85. The summed E-state index contributed by atoms with van der Waals surface area (Å²) in [4.78, 5) is 11.6. The number of hydrogen-bond acceptors (Lipinski definition) is 4. The summed E-state index contributed by atoms with van der Waals surface area (Å²) in [6, 6.07) is 0. The third-order valence-electron chi connectivity index (χ3n) is 4.01. The highest BCUT2D eigenvalue weighted by Crippen LogP contribution is 2.38. The maximum atomic E-state index is 11.6. The third kappa shape index (κ3) is 5.02. The molecule has 1 rings (SSSR count). The molecule has 1 heterocycles. The summed E-state index contributed by atoms with van der Waals surface area (Å²) >= 11 is 0. The number of carbonyl (C=O) groups is 1. The quantitative estimate of drug-likeness (QED) is 0.808. The van der Waals surface area contributed by atoms with E-state index in [9.17, 15) is 4.79 Å². The van der Waals surface area contributed by atoms with Gasteiger partial charge in [-0.1, -0.05) is 6.08 Å². The van der Waals surface area contributed by atoms with E-state index in [2.05, 4.69) is 5.32 Å². The van der Waals surface area contributed by atoms with Gasteiger partial charge in [0, 0.05) is 6.54 Å². The predicted octanol–water partition coefficient (Wildman–Crippen LogP) is 3.48. The van der Waals surface area contributed by atoms with Crippen molar-refractivity contribution < 1.29 is 18.8 Å². The lowest BCUT2D eigenvalue weighted by Crippen LogP contribution is -2.41. The van der Waals surface area contributed by atoms with Gasteiger partial charge in [0.2, 0.25) is 0 Å². The van der Waals surface area contributed by atoms with Crippen molar-refractivity contribution in [3.63, 3.8) is 0 Å². The van der Waals surface area contributed by atoms with E-state index in [1.807, 2.05) is 61.5 Å². The summed E-state index contributed by atoms with van der Waals surface area (Å²) in [5, 5.41) is 2.76. The Bertz CT molecular complexity index is 422. The molecule has 1 fully saturated rings. The minimum atomic E-state index is -0.487. The molecule has 0 unspecified atom stereocenters. The molecule has 0 aliphatic carbocycles. The number of carbonyl (C=O) groups excluding carboxylic acids is 1. The standard InChI is InChI=1S/C16H30BNO4/c1-9-12(10-11-18-13(19)20-14(2,3)4)17-21-15(5,6)16(7,8)22-17/h9H,10-11H2,1-8H3,(H,18,19)/b12-9+. The predicted molar refractivity (Wildman–Crippen MR) is 88.7 cm³/mol. The van der Waals surface area contributed by atoms with E-state index < -0.39 is 11.7 Å². The average molecular weight is 311 g/mol. The van der Waals surface area contributed by atoms with Crippen molar-refractivity contribution in [2.75, 3.05) is 6.54 Å². The van der Waals surface area contributed by atoms with Crippen LogP contribution in [0.1, 0.15) is 61.8 Å². The first-order chi connectivity index (χ1) is 9.88. The molecule has 0 saturated carbocycles. The van der Waals surface area contributed by atoms with E-state index in [4.69, 9.17) is 14.0 Å². The highest BCUT2D eigenvalue weighted by atomic mass is 16.7. The second-order valence-corrected chi connectivity index (χ2v) is 7.63. The Morgan fingerprint density at radius 1 is 1.18 bits per heavy atom. The van der Waals surface area contributed by atoms with Crippen molar-refractivity contribution in [1.29, 1.82) is 0 Å². The van der Waals surface area contributed by atoms with Crippen LogP contribution >= 0.6 is 0 Å². The Kier molecular flexibility index (Phi) is 5.74. The highest BCUT2D eigenvalue weighted by molar-refractivity contribution is 6.54. The fourth-order valence-electron chi connectivity index (χ4n) is 2.02. The largest absolute Gasteiger partial charge is 0.490 e. The second-order valence-electron chi connectivity index (χ2n) is 7.63. The van der Waals surface area contributed by atoms with Gasteiger partial charge in [-0.3, -0.25) is 0 Å². The molecule has 1 amide bonds. The van der Waals surface area contributed by atoms with Gasteiger partial charge < -0.3 is 19.4 Å². The van der Waals surface area contributed by atoms with Crippen molar-refractivity contribution in [2.45, 2.75) is 78.6 Å². The number of ether oxygens (including phenoxy) is 1. The fourth-order valence-corrected chi connectivity index (χ4v) is 2.02. The molecule has 5 nitrogen and oxygen atoms in total. The number of amides is 1. The Balaban J connectivity index is 2.50. The molecule has 1 aliphatic heterocycles. The smallest absolute Gasteiger partial charge is 0.444 e. The summed E-state index contributed by atoms with van der Waals surface area (Å²) in [5.41, 5.74) is -0.177. The minimum Gasteiger partial charge on any atom is -0.444 e. The lowest BCUT2D eigenvalue weighted by atomic mass is 9.76. The summed E-state index contributed by atoms with van der Waals surface area (Å²) in [7, 11) is -0.365. The van der Waals surface area contributed by atoms with Crippen LogP contribution in [0.5, 0.6) is 0 Å². The molecule has 0 radical (unpaired) electrons. The van der Waals surface area contributed by atoms with Gasteiger partial charge in [0.05, 0.1) is 11.2 Å². The third-order valence-corrected chi connectivity index (χ3v) is 4.01. The van der Waals surface area contributed by atoms with Gasteiger partial charge >= 0.3 is 13.2 Å². The van der Waals surface area contributed by atoms with Crippen LogP contribution in [0.2, 0.25) is 0 Å². The van der Waals surface area contributed by atoms with E-state index in [1.54, 1.807) is 0 Å². The summed E-state index contributed by atoms with van der Waals surface area (Å²) < 4.78 is 17.3. The Hall–Kier alpha value is -1.01. The Labute approximate surface area is 134 Å². The summed E-state index contributed by atoms with van der Waals surface area (Å²) in [6.45, 7) is 16.1. The van der Waals surface area contributed by atoms with Crippen molar-refractivity contribution in [1.82, 2.24) is 5.32 Å². The number of rotatable bonds is 4. The molecular formula is C16H30BNO4. The van der Waals surface area contributed by atoms with Gasteiger partial charge in [-0.2, -0.15) is 0 Å². The number of hydrogen-bond donors (Lipinski definition) is 1. The van der Waals surface area contributed by atoms with Crippen molar-refractivity contribution in [2.24, 2.45) is 0 Å². The minimum absolute atomic E-state index is 0.357. The second kappa shape index (κ2) is 6.63. The fraction of sp³-hybridized carbons (Fsp3) is 0.812. The van der Waals surface area contributed by atoms with Gasteiger partial charge in [0.15, 0.2) is 0 Å². The number of alkyl carbamates (subject to hydrolysis) is 1. The zero-order valence-electron chi connectivity index (χ0n) is 15.2. The molecule has 1 N–H and O–H groups in total. The van der Waals surface area contributed by atoms with Crippen LogP contribution in [0, 0.1) is 0 Å². The van der Waals surface area contributed by atoms with Crippen molar-refractivity contribution >= 4 is 13.2 Å². The van der Waals surface area contributed by atoms with Gasteiger partial charge in [0.25, 0.3) is 0 Å². The molecule has 0 spiro atoms. The zero-order chi connectivity index (χ0) is 17.2. The van der Waals surface area contributed by atoms with Crippen LogP contribution in [0.3, 0.4) is 0 Å². The molecule has 0 aromatic carbocycles. The zero-order valence-corrected chi connectivity index (χ0v) is 15.2. The molecule has 6 heteroatoms. The average Bonchev–Trinajstić information content (AvgIpc) is 2.51. The molecule has 126 valence electrons. The van der Waals surface area contributed by atoms with Crippen molar-refractivity contribution in [3.8, 4) is 0 Å². The van der Waals surface area contributed by atoms with Gasteiger partial charge in [0.1, 0.15) is 5.60 Å². The van der Waals surface area contributed by atoms with Crippen LogP contribution in [-0.4, -0.2) is 36.6 Å². The van der Waals surface area contributed by atoms with E-state index in [0.717, 1.165) is 5.47 Å². The summed E-state index contributed by atoms with van der Waals surface area (Å²) in [5.74, 6) is 0. The topological polar surface area (TPSA) is 56.8 Å². The first-order valence-corrected chi connectivity index (χ1v) is 7.85. The van der Waals surface area contributed by atoms with Crippen LogP contribution in [0.15, 0.2) is 11.5 Å². The molecule has 1 saturated heterocycles. The molecule has 0 atom stereocenters. The van der Waals surface area contributed by atoms with Gasteiger partial charge in [-0.15, -0.1) is 0 Å². The van der Waals surface area contributed by atoms with Crippen LogP contribution in [0.25, 0.3) is 0 Å². The molecule has 0 aromatic heterocycles. The molecule has 0 aromatic rings. The summed E-state index contributed by atoms with van der Waals surface area (Å²) in [6.07, 6.45) is 2.24. The van der Waals surface area contributed by atoms with E-state index >= 15 is 0 Å². The van der Waals surface area contributed by atoms with Crippen molar-refractivity contribution in [3.05, 3.63) is 11.5 Å². The van der Waals surface area contributed by atoms with Crippen LogP contribution in [0.4, 0.5) is 4.79 Å². The highest BCUT2D eigenvalue weighted by Gasteiger charge is 2.52. The monoisotopic (exact) mass is 311 g/mol. The maximum Gasteiger partial charge on any atom is 0.490 e. The maximum absolute atomic E-state index is 11.6.